The predicted octanol–water partition coefficient (Wildman–Crippen LogP) is 3.95. The summed E-state index contributed by atoms with van der Waals surface area (Å²) in [6.45, 7) is 3.49. The molecule has 3 rings (SSSR count). The van der Waals surface area contributed by atoms with Crippen molar-refractivity contribution in [3.05, 3.63) is 77.7 Å². The van der Waals surface area contributed by atoms with Crippen LogP contribution in [0.25, 0.3) is 11.5 Å². The monoisotopic (exact) mass is 362 g/mol. The molecule has 27 heavy (non-hydrogen) atoms. The highest BCUT2D eigenvalue weighted by molar-refractivity contribution is 5.79. The van der Waals surface area contributed by atoms with Crippen molar-refractivity contribution in [1.29, 1.82) is 0 Å². The second-order valence-corrected chi connectivity index (χ2v) is 6.45. The summed E-state index contributed by atoms with van der Waals surface area (Å²) in [6, 6.07) is 18.7. The number of guanidine groups is 1. The number of hydrogen-bond acceptors (Lipinski definition) is 3. The molecule has 2 aromatic carbocycles. The number of aryl methyl sites for hydroxylation is 2. The van der Waals surface area contributed by atoms with Crippen molar-refractivity contribution in [3.63, 3.8) is 0 Å². The second-order valence-electron chi connectivity index (χ2n) is 6.45. The van der Waals surface area contributed by atoms with Crippen LogP contribution >= 0.6 is 0 Å². The van der Waals surface area contributed by atoms with Crippen LogP contribution < -0.4 is 10.6 Å². The SMILES string of the molecule is CN=C(NCCCc1ccccc1)NCc1coc(-c2ccc(C)cc2)n1. The van der Waals surface area contributed by atoms with Crippen LogP contribution in [0, 0.1) is 6.92 Å². The summed E-state index contributed by atoms with van der Waals surface area (Å²) in [4.78, 5) is 8.80. The number of rotatable bonds is 7. The van der Waals surface area contributed by atoms with E-state index in [4.69, 9.17) is 4.42 Å². The van der Waals surface area contributed by atoms with Gasteiger partial charge in [-0.3, -0.25) is 4.99 Å². The van der Waals surface area contributed by atoms with Gasteiger partial charge in [-0.2, -0.15) is 0 Å². The second kappa shape index (κ2) is 9.57. The van der Waals surface area contributed by atoms with Crippen molar-refractivity contribution < 1.29 is 4.42 Å². The zero-order valence-corrected chi connectivity index (χ0v) is 15.9. The molecule has 3 aromatic rings. The molecule has 0 amide bonds. The minimum Gasteiger partial charge on any atom is -0.444 e. The van der Waals surface area contributed by atoms with Crippen LogP contribution in [0.3, 0.4) is 0 Å². The predicted molar refractivity (Wildman–Crippen MR) is 110 cm³/mol. The Balaban J connectivity index is 1.43. The Hall–Kier alpha value is -3.08. The number of oxazole rings is 1. The average Bonchev–Trinajstić information content (AvgIpc) is 3.18. The number of nitrogens with one attached hydrogen (secondary N) is 2. The van der Waals surface area contributed by atoms with Crippen LogP contribution in [0.4, 0.5) is 0 Å². The number of nitrogens with zero attached hydrogens (tertiary/aromatic N) is 2. The van der Waals surface area contributed by atoms with Crippen LogP contribution in [-0.4, -0.2) is 24.5 Å². The maximum atomic E-state index is 5.59. The first kappa shape index (κ1) is 18.7. The molecule has 0 atom stereocenters. The largest absolute Gasteiger partial charge is 0.444 e. The average molecular weight is 362 g/mol. The molecule has 140 valence electrons. The molecule has 0 unspecified atom stereocenters. The minimum absolute atomic E-state index is 0.563. The van der Waals surface area contributed by atoms with Crippen LogP contribution in [0.2, 0.25) is 0 Å². The molecule has 0 saturated carbocycles. The highest BCUT2D eigenvalue weighted by Crippen LogP contribution is 2.18. The molecule has 0 aliphatic carbocycles. The van der Waals surface area contributed by atoms with Crippen LogP contribution in [0.15, 0.2) is 70.3 Å². The molecule has 1 heterocycles. The highest BCUT2D eigenvalue weighted by Gasteiger charge is 2.07. The third-order valence-electron chi connectivity index (χ3n) is 4.29. The molecule has 0 bridgehead atoms. The van der Waals surface area contributed by atoms with E-state index in [1.165, 1.54) is 11.1 Å². The van der Waals surface area contributed by atoms with Gasteiger partial charge in [0.25, 0.3) is 0 Å². The van der Waals surface area contributed by atoms with E-state index in [-0.39, 0.29) is 0 Å². The van der Waals surface area contributed by atoms with E-state index < -0.39 is 0 Å². The van der Waals surface area contributed by atoms with Crippen molar-refractivity contribution in [1.82, 2.24) is 15.6 Å². The van der Waals surface area contributed by atoms with Gasteiger partial charge in [0, 0.05) is 19.2 Å². The quantitative estimate of drug-likeness (QED) is 0.380. The molecule has 5 heteroatoms. The van der Waals surface area contributed by atoms with E-state index in [0.717, 1.165) is 36.6 Å². The lowest BCUT2D eigenvalue weighted by atomic mass is 10.1. The Kier molecular flexibility index (Phi) is 6.63. The number of benzene rings is 2. The van der Waals surface area contributed by atoms with Crippen LogP contribution in [0.5, 0.6) is 0 Å². The summed E-state index contributed by atoms with van der Waals surface area (Å²) in [7, 11) is 1.77. The Morgan fingerprint density at radius 3 is 2.56 bits per heavy atom. The normalized spacial score (nSPS) is 11.4. The lowest BCUT2D eigenvalue weighted by Gasteiger charge is -2.10. The fourth-order valence-corrected chi connectivity index (χ4v) is 2.76. The summed E-state index contributed by atoms with van der Waals surface area (Å²) in [5.41, 5.74) is 4.40. The molecule has 0 aliphatic heterocycles. The van der Waals surface area contributed by atoms with E-state index in [2.05, 4.69) is 63.9 Å². The molecule has 1 aromatic heterocycles. The molecule has 0 radical (unpaired) electrons. The Morgan fingerprint density at radius 1 is 1.04 bits per heavy atom. The Morgan fingerprint density at radius 2 is 1.81 bits per heavy atom. The summed E-state index contributed by atoms with van der Waals surface area (Å²) < 4.78 is 5.59. The van der Waals surface area contributed by atoms with Crippen molar-refractivity contribution in [2.75, 3.05) is 13.6 Å². The third kappa shape index (κ3) is 5.71. The van der Waals surface area contributed by atoms with Crippen molar-refractivity contribution in [3.8, 4) is 11.5 Å². The van der Waals surface area contributed by atoms with Gasteiger partial charge in [0.15, 0.2) is 5.96 Å². The smallest absolute Gasteiger partial charge is 0.226 e. The van der Waals surface area contributed by atoms with Gasteiger partial charge in [0.05, 0.1) is 12.2 Å². The first-order valence-electron chi connectivity index (χ1n) is 9.24. The molecule has 0 aliphatic rings. The van der Waals surface area contributed by atoms with Crippen LogP contribution in [0.1, 0.15) is 23.2 Å². The summed E-state index contributed by atoms with van der Waals surface area (Å²) in [5.74, 6) is 1.40. The van der Waals surface area contributed by atoms with Gasteiger partial charge in [-0.15, -0.1) is 0 Å². The van der Waals surface area contributed by atoms with Crippen molar-refractivity contribution >= 4 is 5.96 Å². The third-order valence-corrected chi connectivity index (χ3v) is 4.29. The molecule has 0 spiro atoms. The van der Waals surface area contributed by atoms with Crippen molar-refractivity contribution in [2.24, 2.45) is 4.99 Å². The zero-order valence-electron chi connectivity index (χ0n) is 15.9. The van der Waals surface area contributed by atoms with Gasteiger partial charge in [-0.25, -0.2) is 4.98 Å². The van der Waals surface area contributed by atoms with E-state index in [1.807, 2.05) is 18.2 Å². The van der Waals surface area contributed by atoms with E-state index in [1.54, 1.807) is 13.3 Å². The first-order chi connectivity index (χ1) is 13.2. The van der Waals surface area contributed by atoms with E-state index in [0.29, 0.717) is 12.4 Å². The number of hydrogen-bond donors (Lipinski definition) is 2. The molecule has 0 fully saturated rings. The van der Waals surface area contributed by atoms with Gasteiger partial charge in [-0.05, 0) is 37.5 Å². The standard InChI is InChI=1S/C22H26N4O/c1-17-10-12-19(13-11-17)21-26-20(16-27-21)15-25-22(23-2)24-14-6-9-18-7-4-3-5-8-18/h3-5,7-8,10-13,16H,6,9,14-15H2,1-2H3,(H2,23,24,25). The molecule has 2 N–H and O–H groups in total. The first-order valence-corrected chi connectivity index (χ1v) is 9.24. The Labute approximate surface area is 160 Å². The van der Waals surface area contributed by atoms with Gasteiger partial charge in [-0.1, -0.05) is 48.0 Å². The van der Waals surface area contributed by atoms with E-state index in [9.17, 15) is 0 Å². The maximum Gasteiger partial charge on any atom is 0.226 e. The minimum atomic E-state index is 0.563. The van der Waals surface area contributed by atoms with Gasteiger partial charge in [0.1, 0.15) is 6.26 Å². The number of aromatic nitrogens is 1. The van der Waals surface area contributed by atoms with Gasteiger partial charge in [0.2, 0.25) is 5.89 Å². The molecular weight excluding hydrogens is 336 g/mol. The zero-order chi connectivity index (χ0) is 18.9. The lowest BCUT2D eigenvalue weighted by molar-refractivity contribution is 0.572. The molecule has 5 nitrogen and oxygen atoms in total. The maximum absolute atomic E-state index is 5.59. The summed E-state index contributed by atoms with van der Waals surface area (Å²) in [5, 5.41) is 6.61. The van der Waals surface area contributed by atoms with Crippen molar-refractivity contribution in [2.45, 2.75) is 26.3 Å². The fraction of sp³-hybridized carbons (Fsp3) is 0.273. The van der Waals surface area contributed by atoms with Gasteiger partial charge < -0.3 is 15.1 Å². The molecular formula is C22H26N4O. The van der Waals surface area contributed by atoms with E-state index >= 15 is 0 Å². The number of aliphatic imine (C=N–C) groups is 1. The lowest BCUT2D eigenvalue weighted by Crippen LogP contribution is -2.37. The van der Waals surface area contributed by atoms with Crippen LogP contribution in [-0.2, 0) is 13.0 Å². The summed E-state index contributed by atoms with van der Waals surface area (Å²) >= 11 is 0. The molecule has 0 saturated heterocycles. The highest BCUT2D eigenvalue weighted by atomic mass is 16.3. The fourth-order valence-electron chi connectivity index (χ4n) is 2.76. The van der Waals surface area contributed by atoms with Gasteiger partial charge >= 0.3 is 0 Å². The topological polar surface area (TPSA) is 62.5 Å². The summed E-state index contributed by atoms with van der Waals surface area (Å²) in [6.07, 6.45) is 3.78. The Bertz CT molecular complexity index is 854.